The summed E-state index contributed by atoms with van der Waals surface area (Å²) in [6.45, 7) is 4.42. The first-order valence-electron chi connectivity index (χ1n) is 8.36. The van der Waals surface area contributed by atoms with Crippen molar-refractivity contribution in [3.05, 3.63) is 47.3 Å². The summed E-state index contributed by atoms with van der Waals surface area (Å²) in [5.74, 6) is 0.466. The molecule has 0 aliphatic carbocycles. The molecule has 1 aromatic carbocycles. The van der Waals surface area contributed by atoms with Crippen molar-refractivity contribution in [3.8, 4) is 0 Å². The molecule has 2 heterocycles. The molecule has 0 saturated carbocycles. The van der Waals surface area contributed by atoms with Crippen LogP contribution in [0, 0.1) is 5.92 Å². The number of carbonyl (C=O) groups is 3. The van der Waals surface area contributed by atoms with E-state index in [1.165, 1.54) is 4.90 Å². The Balaban J connectivity index is 1.57. The number of rotatable bonds is 6. The fourth-order valence-corrected chi connectivity index (χ4v) is 2.67. The van der Waals surface area contributed by atoms with Crippen LogP contribution in [-0.2, 0) is 17.8 Å². The van der Waals surface area contributed by atoms with Crippen molar-refractivity contribution < 1.29 is 18.9 Å². The maximum atomic E-state index is 12.2. The van der Waals surface area contributed by atoms with Gasteiger partial charge in [-0.2, -0.15) is 0 Å². The highest BCUT2D eigenvalue weighted by molar-refractivity contribution is 6.12. The Hall–Kier alpha value is -3.16. The summed E-state index contributed by atoms with van der Waals surface area (Å²) in [5.41, 5.74) is 1.87. The Morgan fingerprint density at radius 1 is 1.31 bits per heavy atom. The number of carbonyl (C=O) groups excluding carboxylic acids is 3. The highest BCUT2D eigenvalue weighted by Gasteiger charge is 2.27. The van der Waals surface area contributed by atoms with Crippen molar-refractivity contribution in [1.82, 2.24) is 15.8 Å². The van der Waals surface area contributed by atoms with E-state index in [9.17, 15) is 14.4 Å². The number of hydrogen-bond acceptors (Lipinski definition) is 5. The molecule has 8 nitrogen and oxygen atoms in total. The van der Waals surface area contributed by atoms with Crippen molar-refractivity contribution in [2.24, 2.45) is 5.92 Å². The van der Waals surface area contributed by atoms with Gasteiger partial charge in [-0.05, 0) is 36.6 Å². The molecule has 0 atom stereocenters. The molecule has 3 rings (SSSR count). The average Bonchev–Trinajstić information content (AvgIpc) is 3.18. The van der Waals surface area contributed by atoms with E-state index in [1.54, 1.807) is 24.3 Å². The fourth-order valence-electron chi connectivity index (χ4n) is 2.67. The first-order chi connectivity index (χ1) is 12.4. The Bertz CT molecular complexity index is 826. The predicted molar refractivity (Wildman–Crippen MR) is 93.5 cm³/mol. The summed E-state index contributed by atoms with van der Waals surface area (Å²) in [4.78, 5) is 36.4. The number of benzene rings is 1. The summed E-state index contributed by atoms with van der Waals surface area (Å²) in [5, 5.41) is 8.95. The minimum Gasteiger partial charge on any atom is -0.359 e. The van der Waals surface area contributed by atoms with Crippen LogP contribution in [0.25, 0.3) is 0 Å². The zero-order valence-electron chi connectivity index (χ0n) is 14.6. The standard InChI is InChI=1S/C18H20N4O4/c1-11(2)7-13-8-15(26-21-13)9-19-17(24)12-3-5-14(6-4-12)22-10-16(23)20-18(22)25/h3-6,8,11H,7,9-10H2,1-2H3,(H,19,24)(H,20,23,25). The molecule has 0 spiro atoms. The van der Waals surface area contributed by atoms with Gasteiger partial charge in [0.05, 0.1) is 12.2 Å². The monoisotopic (exact) mass is 356 g/mol. The van der Waals surface area contributed by atoms with Crippen LogP contribution < -0.4 is 15.5 Å². The topological polar surface area (TPSA) is 105 Å². The van der Waals surface area contributed by atoms with Crippen LogP contribution in [0.2, 0.25) is 0 Å². The SMILES string of the molecule is CC(C)Cc1cc(CNC(=O)c2ccc(N3CC(=O)NC3=O)cc2)on1. The average molecular weight is 356 g/mol. The number of imide groups is 1. The number of hydrogen-bond donors (Lipinski definition) is 2. The zero-order chi connectivity index (χ0) is 18.7. The van der Waals surface area contributed by atoms with E-state index in [4.69, 9.17) is 4.52 Å². The number of aromatic nitrogens is 1. The van der Waals surface area contributed by atoms with Crippen LogP contribution in [0.15, 0.2) is 34.9 Å². The van der Waals surface area contributed by atoms with E-state index in [0.29, 0.717) is 22.9 Å². The van der Waals surface area contributed by atoms with Gasteiger partial charge in [0.1, 0.15) is 6.54 Å². The van der Waals surface area contributed by atoms with Crippen molar-refractivity contribution in [2.75, 3.05) is 11.4 Å². The van der Waals surface area contributed by atoms with Gasteiger partial charge in [-0.3, -0.25) is 19.8 Å². The van der Waals surface area contributed by atoms with Crippen molar-refractivity contribution in [1.29, 1.82) is 0 Å². The first-order valence-corrected chi connectivity index (χ1v) is 8.36. The Morgan fingerprint density at radius 2 is 2.04 bits per heavy atom. The fraction of sp³-hybridized carbons (Fsp3) is 0.333. The van der Waals surface area contributed by atoms with Crippen molar-refractivity contribution in [3.63, 3.8) is 0 Å². The number of anilines is 1. The molecule has 0 unspecified atom stereocenters. The maximum Gasteiger partial charge on any atom is 0.329 e. The molecule has 4 amide bonds. The highest BCUT2D eigenvalue weighted by Crippen LogP contribution is 2.17. The molecular weight excluding hydrogens is 336 g/mol. The van der Waals surface area contributed by atoms with E-state index in [1.807, 2.05) is 6.07 Å². The predicted octanol–water partition coefficient (Wildman–Crippen LogP) is 1.86. The van der Waals surface area contributed by atoms with Crippen molar-refractivity contribution >= 4 is 23.5 Å². The molecular formula is C18H20N4O4. The molecule has 26 heavy (non-hydrogen) atoms. The lowest BCUT2D eigenvalue weighted by Crippen LogP contribution is -2.28. The summed E-state index contributed by atoms with van der Waals surface area (Å²) < 4.78 is 5.21. The second kappa shape index (κ2) is 7.38. The molecule has 2 N–H and O–H groups in total. The molecule has 8 heteroatoms. The van der Waals surface area contributed by atoms with Crippen LogP contribution in [-0.4, -0.2) is 29.5 Å². The summed E-state index contributed by atoms with van der Waals surface area (Å²) in [6, 6.07) is 7.84. The van der Waals surface area contributed by atoms with Gasteiger partial charge in [-0.1, -0.05) is 19.0 Å². The number of nitrogens with one attached hydrogen (secondary N) is 2. The molecule has 1 aromatic heterocycles. The lowest BCUT2D eigenvalue weighted by molar-refractivity contribution is -0.117. The van der Waals surface area contributed by atoms with Gasteiger partial charge >= 0.3 is 6.03 Å². The number of amides is 4. The van der Waals surface area contributed by atoms with Crippen LogP contribution in [0.5, 0.6) is 0 Å². The van der Waals surface area contributed by atoms with Gasteiger partial charge in [0, 0.05) is 17.3 Å². The Morgan fingerprint density at radius 3 is 2.65 bits per heavy atom. The molecule has 136 valence electrons. The van der Waals surface area contributed by atoms with Crippen LogP contribution in [0.3, 0.4) is 0 Å². The molecule has 1 saturated heterocycles. The van der Waals surface area contributed by atoms with E-state index in [-0.39, 0.29) is 24.9 Å². The Kier molecular flexibility index (Phi) is 5.01. The van der Waals surface area contributed by atoms with Gasteiger partial charge in [0.2, 0.25) is 5.91 Å². The van der Waals surface area contributed by atoms with Gasteiger partial charge in [0.15, 0.2) is 5.76 Å². The normalized spacial score (nSPS) is 14.0. The second-order valence-electron chi connectivity index (χ2n) is 6.55. The number of nitrogens with zero attached hydrogens (tertiary/aromatic N) is 2. The molecule has 1 aliphatic heterocycles. The largest absolute Gasteiger partial charge is 0.359 e. The Labute approximate surface area is 150 Å². The smallest absolute Gasteiger partial charge is 0.329 e. The van der Waals surface area contributed by atoms with Gasteiger partial charge in [-0.25, -0.2) is 4.79 Å². The van der Waals surface area contributed by atoms with E-state index in [0.717, 1.165) is 12.1 Å². The molecule has 0 bridgehead atoms. The van der Waals surface area contributed by atoms with E-state index >= 15 is 0 Å². The third-order valence-corrected chi connectivity index (χ3v) is 3.88. The molecule has 0 radical (unpaired) electrons. The third-order valence-electron chi connectivity index (χ3n) is 3.88. The lowest BCUT2D eigenvalue weighted by atomic mass is 10.1. The lowest BCUT2D eigenvalue weighted by Gasteiger charge is -2.13. The van der Waals surface area contributed by atoms with Crippen LogP contribution in [0.1, 0.15) is 35.7 Å². The second-order valence-corrected chi connectivity index (χ2v) is 6.55. The summed E-state index contributed by atoms with van der Waals surface area (Å²) in [7, 11) is 0. The minimum absolute atomic E-state index is 0.0193. The molecule has 1 aliphatic rings. The summed E-state index contributed by atoms with van der Waals surface area (Å²) >= 11 is 0. The minimum atomic E-state index is -0.463. The number of urea groups is 1. The molecule has 1 fully saturated rings. The quantitative estimate of drug-likeness (QED) is 0.769. The van der Waals surface area contributed by atoms with Gasteiger partial charge in [0.25, 0.3) is 5.91 Å². The van der Waals surface area contributed by atoms with E-state index in [2.05, 4.69) is 29.6 Å². The first kappa shape index (κ1) is 17.7. The highest BCUT2D eigenvalue weighted by atomic mass is 16.5. The van der Waals surface area contributed by atoms with Gasteiger partial charge < -0.3 is 9.84 Å². The van der Waals surface area contributed by atoms with Gasteiger partial charge in [-0.15, -0.1) is 0 Å². The third kappa shape index (κ3) is 4.08. The molecule has 2 aromatic rings. The summed E-state index contributed by atoms with van der Waals surface area (Å²) in [6.07, 6.45) is 0.825. The van der Waals surface area contributed by atoms with Crippen LogP contribution in [0.4, 0.5) is 10.5 Å². The van der Waals surface area contributed by atoms with E-state index < -0.39 is 6.03 Å². The maximum absolute atomic E-state index is 12.2. The zero-order valence-corrected chi connectivity index (χ0v) is 14.6. The van der Waals surface area contributed by atoms with Crippen molar-refractivity contribution in [2.45, 2.75) is 26.8 Å². The van der Waals surface area contributed by atoms with Crippen LogP contribution >= 0.6 is 0 Å².